The van der Waals surface area contributed by atoms with E-state index in [1.165, 1.54) is 6.07 Å². The highest BCUT2D eigenvalue weighted by Crippen LogP contribution is 2.28. The summed E-state index contributed by atoms with van der Waals surface area (Å²) in [4.78, 5) is 12.0. The fraction of sp³-hybridized carbons (Fsp3) is 0.500. The molecule has 1 aliphatic rings. The molecule has 0 aliphatic heterocycles. The van der Waals surface area contributed by atoms with Crippen molar-refractivity contribution in [2.24, 2.45) is 0 Å². The summed E-state index contributed by atoms with van der Waals surface area (Å²) in [5.41, 5.74) is 0.973. The maximum absolute atomic E-state index is 13.7. The number of thioether (sulfide) groups is 1. The molecule has 1 amide bonds. The zero-order valence-corrected chi connectivity index (χ0v) is 11.5. The van der Waals surface area contributed by atoms with E-state index in [2.05, 4.69) is 11.6 Å². The molecule has 98 valence electrons. The van der Waals surface area contributed by atoms with Crippen LogP contribution in [-0.4, -0.2) is 23.5 Å². The molecule has 0 heterocycles. The Morgan fingerprint density at radius 1 is 1.44 bits per heavy atom. The fourth-order valence-electron chi connectivity index (χ4n) is 2.35. The molecular weight excluding hydrogens is 249 g/mol. The summed E-state index contributed by atoms with van der Waals surface area (Å²) in [6.45, 7) is 1.81. The minimum atomic E-state index is -0.438. The normalized spacial score (nSPS) is 23.1. The van der Waals surface area contributed by atoms with E-state index >= 15 is 0 Å². The lowest BCUT2D eigenvalue weighted by atomic mass is 10.1. The smallest absolute Gasteiger partial charge is 0.254 e. The van der Waals surface area contributed by atoms with Gasteiger partial charge in [0.1, 0.15) is 5.82 Å². The Balaban J connectivity index is 2.00. The van der Waals surface area contributed by atoms with Crippen molar-refractivity contribution >= 4 is 17.7 Å². The van der Waals surface area contributed by atoms with Gasteiger partial charge >= 0.3 is 0 Å². The Bertz CT molecular complexity index is 449. The molecule has 1 aromatic carbocycles. The van der Waals surface area contributed by atoms with Crippen LogP contribution in [0.2, 0.25) is 0 Å². The average molecular weight is 267 g/mol. The highest BCUT2D eigenvalue weighted by atomic mass is 32.2. The molecule has 0 saturated heterocycles. The number of rotatable bonds is 3. The van der Waals surface area contributed by atoms with Crippen LogP contribution in [0.4, 0.5) is 4.39 Å². The van der Waals surface area contributed by atoms with Gasteiger partial charge in [0.2, 0.25) is 0 Å². The second-order valence-electron chi connectivity index (χ2n) is 4.82. The first-order valence-electron chi connectivity index (χ1n) is 6.20. The van der Waals surface area contributed by atoms with E-state index in [-0.39, 0.29) is 17.5 Å². The minimum Gasteiger partial charge on any atom is -0.349 e. The summed E-state index contributed by atoms with van der Waals surface area (Å²) < 4.78 is 13.7. The van der Waals surface area contributed by atoms with Crippen LogP contribution in [0, 0.1) is 12.7 Å². The number of nitrogens with one attached hydrogen (secondary N) is 1. The predicted molar refractivity (Wildman–Crippen MR) is 73.5 cm³/mol. The molecule has 4 heteroatoms. The van der Waals surface area contributed by atoms with Crippen LogP contribution in [0.25, 0.3) is 0 Å². The van der Waals surface area contributed by atoms with Gasteiger partial charge in [0, 0.05) is 11.3 Å². The summed E-state index contributed by atoms with van der Waals surface area (Å²) in [6.07, 6.45) is 5.20. The highest BCUT2D eigenvalue weighted by molar-refractivity contribution is 7.99. The van der Waals surface area contributed by atoms with Gasteiger partial charge in [-0.15, -0.1) is 0 Å². The zero-order valence-electron chi connectivity index (χ0n) is 10.7. The van der Waals surface area contributed by atoms with Crippen LogP contribution in [-0.2, 0) is 0 Å². The van der Waals surface area contributed by atoms with Crippen LogP contribution in [0.1, 0.15) is 35.2 Å². The van der Waals surface area contributed by atoms with Gasteiger partial charge in [-0.05, 0) is 50.1 Å². The molecule has 2 rings (SSSR count). The minimum absolute atomic E-state index is 0.146. The summed E-state index contributed by atoms with van der Waals surface area (Å²) >= 11 is 1.84. The van der Waals surface area contributed by atoms with Crippen molar-refractivity contribution in [2.75, 3.05) is 6.26 Å². The monoisotopic (exact) mass is 267 g/mol. The number of benzene rings is 1. The molecule has 0 spiro atoms. The van der Waals surface area contributed by atoms with Crippen molar-refractivity contribution in [1.82, 2.24) is 5.32 Å². The second kappa shape index (κ2) is 5.74. The van der Waals surface area contributed by atoms with E-state index in [4.69, 9.17) is 0 Å². The van der Waals surface area contributed by atoms with Crippen LogP contribution < -0.4 is 5.32 Å². The molecule has 1 fully saturated rings. The third kappa shape index (κ3) is 3.05. The van der Waals surface area contributed by atoms with E-state index in [0.29, 0.717) is 5.25 Å². The van der Waals surface area contributed by atoms with Crippen LogP contribution >= 0.6 is 11.8 Å². The van der Waals surface area contributed by atoms with E-state index in [1.807, 2.05) is 18.7 Å². The highest BCUT2D eigenvalue weighted by Gasteiger charge is 2.26. The van der Waals surface area contributed by atoms with Crippen molar-refractivity contribution in [2.45, 2.75) is 37.5 Å². The Labute approximate surface area is 111 Å². The molecule has 1 aliphatic carbocycles. The van der Waals surface area contributed by atoms with Gasteiger partial charge in [-0.3, -0.25) is 4.79 Å². The molecule has 2 nitrogen and oxygen atoms in total. The predicted octanol–water partition coefficient (Wildman–Crippen LogP) is 3.15. The average Bonchev–Trinajstić information content (AvgIpc) is 2.76. The van der Waals surface area contributed by atoms with Crippen LogP contribution in [0.5, 0.6) is 0 Å². The molecule has 18 heavy (non-hydrogen) atoms. The number of halogens is 1. The maximum Gasteiger partial charge on any atom is 0.254 e. The molecule has 0 bridgehead atoms. The number of hydrogen-bond acceptors (Lipinski definition) is 2. The van der Waals surface area contributed by atoms with E-state index < -0.39 is 5.82 Å². The molecule has 0 radical (unpaired) electrons. The molecule has 1 N–H and O–H groups in total. The Kier molecular flexibility index (Phi) is 4.27. The van der Waals surface area contributed by atoms with Gasteiger partial charge < -0.3 is 5.32 Å². The first-order chi connectivity index (χ1) is 8.60. The van der Waals surface area contributed by atoms with E-state index in [9.17, 15) is 9.18 Å². The summed E-state index contributed by atoms with van der Waals surface area (Å²) in [7, 11) is 0. The third-order valence-electron chi connectivity index (χ3n) is 3.42. The summed E-state index contributed by atoms with van der Waals surface area (Å²) in [5.74, 6) is -0.730. The maximum atomic E-state index is 13.7. The quantitative estimate of drug-likeness (QED) is 0.911. The van der Waals surface area contributed by atoms with Crippen LogP contribution in [0.3, 0.4) is 0 Å². The number of hydrogen-bond donors (Lipinski definition) is 1. The Morgan fingerprint density at radius 3 is 2.83 bits per heavy atom. The van der Waals surface area contributed by atoms with Gasteiger partial charge in [-0.25, -0.2) is 4.39 Å². The van der Waals surface area contributed by atoms with Crippen molar-refractivity contribution < 1.29 is 9.18 Å². The Hall–Kier alpha value is -1.03. The van der Waals surface area contributed by atoms with Gasteiger partial charge in [0.15, 0.2) is 0 Å². The molecular formula is C14H18FNOS. The molecule has 0 aromatic heterocycles. The van der Waals surface area contributed by atoms with Crippen molar-refractivity contribution in [3.63, 3.8) is 0 Å². The Morgan fingerprint density at radius 2 is 2.22 bits per heavy atom. The molecule has 1 aromatic rings. The lowest BCUT2D eigenvalue weighted by molar-refractivity contribution is 0.0934. The summed E-state index contributed by atoms with van der Waals surface area (Å²) in [6, 6.07) is 4.91. The van der Waals surface area contributed by atoms with Gasteiger partial charge in [-0.2, -0.15) is 11.8 Å². The topological polar surface area (TPSA) is 29.1 Å². The lowest BCUT2D eigenvalue weighted by Gasteiger charge is -2.13. The molecule has 1 saturated carbocycles. The van der Waals surface area contributed by atoms with E-state index in [0.717, 1.165) is 24.8 Å². The standard InChI is InChI=1S/C14H18FNOS/c1-9-3-6-12(13(15)7-9)14(17)16-10-4-5-11(8-10)18-2/h3,6-7,10-11H,4-5,8H2,1-2H3,(H,16,17). The number of carbonyl (C=O) groups is 1. The van der Waals surface area contributed by atoms with Crippen molar-refractivity contribution in [3.8, 4) is 0 Å². The second-order valence-corrected chi connectivity index (χ2v) is 5.96. The third-order valence-corrected chi connectivity index (χ3v) is 4.52. The molecule has 2 atom stereocenters. The van der Waals surface area contributed by atoms with Crippen molar-refractivity contribution in [1.29, 1.82) is 0 Å². The van der Waals surface area contributed by atoms with Crippen molar-refractivity contribution in [3.05, 3.63) is 35.1 Å². The molecule has 2 unspecified atom stereocenters. The van der Waals surface area contributed by atoms with Gasteiger partial charge in [0.25, 0.3) is 5.91 Å². The number of aryl methyl sites for hydroxylation is 1. The fourth-order valence-corrected chi connectivity index (χ4v) is 3.15. The number of carbonyl (C=O) groups excluding carboxylic acids is 1. The van der Waals surface area contributed by atoms with Gasteiger partial charge in [-0.1, -0.05) is 6.07 Å². The van der Waals surface area contributed by atoms with Crippen LogP contribution in [0.15, 0.2) is 18.2 Å². The SMILES string of the molecule is CSC1CCC(NC(=O)c2ccc(C)cc2F)C1. The first-order valence-corrected chi connectivity index (χ1v) is 7.48. The first kappa shape index (κ1) is 13.4. The van der Waals surface area contributed by atoms with Gasteiger partial charge in [0.05, 0.1) is 5.56 Å². The van der Waals surface area contributed by atoms with E-state index in [1.54, 1.807) is 12.1 Å². The zero-order chi connectivity index (χ0) is 13.1. The lowest BCUT2D eigenvalue weighted by Crippen LogP contribution is -2.33. The largest absolute Gasteiger partial charge is 0.349 e. The summed E-state index contributed by atoms with van der Waals surface area (Å²) in [5, 5.41) is 3.55. The number of amides is 1.